The Morgan fingerprint density at radius 1 is 1.24 bits per heavy atom. The normalized spacial score (nSPS) is 22.4. The summed E-state index contributed by atoms with van der Waals surface area (Å²) < 4.78 is 18.6. The lowest BCUT2D eigenvalue weighted by Crippen LogP contribution is -2.37. The number of carbonyl (C=O) groups excluding carboxylic acids is 1. The van der Waals surface area contributed by atoms with Crippen molar-refractivity contribution >= 4 is 5.91 Å². The first kappa shape index (κ1) is 23.1. The zero-order chi connectivity index (χ0) is 23.2. The molecule has 0 saturated heterocycles. The van der Waals surface area contributed by atoms with E-state index in [1.54, 1.807) is 19.4 Å². The third-order valence-electron chi connectivity index (χ3n) is 6.12. The minimum absolute atomic E-state index is 0.203. The van der Waals surface area contributed by atoms with Crippen molar-refractivity contribution in [3.63, 3.8) is 0 Å². The van der Waals surface area contributed by atoms with E-state index in [-0.39, 0.29) is 23.7 Å². The number of amides is 1. The second-order valence-corrected chi connectivity index (χ2v) is 8.31. The van der Waals surface area contributed by atoms with Crippen molar-refractivity contribution in [1.29, 1.82) is 0 Å². The molecular weight excluding hydrogens is 423 g/mol. The monoisotopic (exact) mass is 452 g/mol. The highest BCUT2D eigenvalue weighted by Crippen LogP contribution is 2.39. The molecule has 8 heteroatoms. The van der Waals surface area contributed by atoms with Gasteiger partial charge in [0, 0.05) is 49.6 Å². The van der Waals surface area contributed by atoms with Crippen LogP contribution in [0.4, 0.5) is 4.39 Å². The number of H-pyrrole nitrogens is 1. The van der Waals surface area contributed by atoms with Crippen LogP contribution in [0.5, 0.6) is 0 Å². The number of halogens is 1. The van der Waals surface area contributed by atoms with Gasteiger partial charge in [0.2, 0.25) is 5.91 Å². The number of hydrogen-bond acceptors (Lipinski definition) is 5. The van der Waals surface area contributed by atoms with Crippen molar-refractivity contribution in [2.45, 2.75) is 31.0 Å². The summed E-state index contributed by atoms with van der Waals surface area (Å²) in [5, 5.41) is 17.4. The number of rotatable bonds is 9. The Labute approximate surface area is 192 Å². The topological polar surface area (TPSA) is 99.3 Å². The van der Waals surface area contributed by atoms with Gasteiger partial charge in [0.1, 0.15) is 11.6 Å². The molecule has 174 valence electrons. The van der Waals surface area contributed by atoms with Crippen molar-refractivity contribution in [3.8, 4) is 11.4 Å². The van der Waals surface area contributed by atoms with E-state index in [0.29, 0.717) is 31.9 Å². The van der Waals surface area contributed by atoms with Crippen LogP contribution in [0.15, 0.2) is 60.8 Å². The number of nitrogens with zero attached hydrogens (tertiary/aromatic N) is 1. The quantitative estimate of drug-likeness (QED) is 0.374. The smallest absolute Gasteiger partial charge is 0.225 e. The molecular formula is C25H29FN4O3. The van der Waals surface area contributed by atoms with Crippen molar-refractivity contribution < 1.29 is 19.0 Å². The Morgan fingerprint density at radius 3 is 2.82 bits per heavy atom. The number of ether oxygens (including phenoxy) is 1. The Morgan fingerprint density at radius 2 is 2.06 bits per heavy atom. The summed E-state index contributed by atoms with van der Waals surface area (Å²) in [5.41, 5.74) is 2.49. The Hall–Kier alpha value is -3.07. The standard InChI is InChI=1S/C25H29FN4O3/c1-33-11-10-27-25(32)19-13-20(28-14-16-6-5-9-18(26)12-16)22(23(19)31)21-15-29-24(30-21)17-7-3-2-4-8-17/h2-9,12,15,19-20,22-23,28,31H,10-11,13-14H2,1H3,(H,27,32)(H,29,30)/t19-,20+,22+,23+/m0/s1. The maximum Gasteiger partial charge on any atom is 0.225 e. The van der Waals surface area contributed by atoms with Gasteiger partial charge >= 0.3 is 0 Å². The van der Waals surface area contributed by atoms with Crippen LogP contribution in [0.3, 0.4) is 0 Å². The average Bonchev–Trinajstić information content (AvgIpc) is 3.43. The number of aromatic amines is 1. The van der Waals surface area contributed by atoms with Gasteiger partial charge in [-0.15, -0.1) is 0 Å². The fourth-order valence-electron chi connectivity index (χ4n) is 4.47. The number of hydrogen-bond donors (Lipinski definition) is 4. The SMILES string of the molecule is COCCNC(=O)[C@H]1C[C@@H](NCc2cccc(F)c2)[C@H](c2cnc(-c3ccccc3)[nH]2)[C@@H]1O. The van der Waals surface area contributed by atoms with Crippen molar-refractivity contribution in [1.82, 2.24) is 20.6 Å². The van der Waals surface area contributed by atoms with E-state index in [2.05, 4.69) is 20.6 Å². The number of methoxy groups -OCH3 is 1. The molecule has 1 aliphatic rings. The van der Waals surface area contributed by atoms with Crippen LogP contribution >= 0.6 is 0 Å². The number of aromatic nitrogens is 2. The van der Waals surface area contributed by atoms with Gasteiger partial charge in [-0.1, -0.05) is 42.5 Å². The minimum Gasteiger partial charge on any atom is -0.392 e. The molecule has 3 aromatic rings. The lowest BCUT2D eigenvalue weighted by atomic mass is 9.96. The predicted octanol–water partition coefficient (Wildman–Crippen LogP) is 2.60. The summed E-state index contributed by atoms with van der Waals surface area (Å²) in [6.45, 7) is 1.20. The van der Waals surface area contributed by atoms with E-state index >= 15 is 0 Å². The van der Waals surface area contributed by atoms with E-state index in [9.17, 15) is 14.3 Å². The highest BCUT2D eigenvalue weighted by molar-refractivity contribution is 5.80. The Kier molecular flexibility index (Phi) is 7.49. The van der Waals surface area contributed by atoms with Gasteiger partial charge < -0.3 is 25.5 Å². The number of aliphatic hydroxyl groups excluding tert-OH is 1. The second kappa shape index (κ2) is 10.7. The number of benzene rings is 2. The molecule has 1 heterocycles. The van der Waals surface area contributed by atoms with Gasteiger partial charge in [-0.2, -0.15) is 0 Å². The summed E-state index contributed by atoms with van der Waals surface area (Å²) in [6, 6.07) is 15.9. The van der Waals surface area contributed by atoms with Crippen LogP contribution in [-0.4, -0.2) is 53.4 Å². The molecule has 4 atom stereocenters. The largest absolute Gasteiger partial charge is 0.392 e. The number of nitrogens with one attached hydrogen (secondary N) is 3. The minimum atomic E-state index is -0.901. The first-order valence-electron chi connectivity index (χ1n) is 11.1. The average molecular weight is 453 g/mol. The van der Waals surface area contributed by atoms with Crippen LogP contribution in [-0.2, 0) is 16.1 Å². The molecule has 0 bridgehead atoms. The molecule has 1 saturated carbocycles. The lowest BCUT2D eigenvalue weighted by Gasteiger charge is -2.22. The van der Waals surface area contributed by atoms with E-state index in [0.717, 1.165) is 16.8 Å². The van der Waals surface area contributed by atoms with Crippen molar-refractivity contribution in [2.24, 2.45) is 5.92 Å². The lowest BCUT2D eigenvalue weighted by molar-refractivity contribution is -0.127. The van der Waals surface area contributed by atoms with Crippen LogP contribution in [0.25, 0.3) is 11.4 Å². The van der Waals surface area contributed by atoms with Gasteiger partial charge in [0.15, 0.2) is 0 Å². The number of imidazole rings is 1. The molecule has 0 aliphatic heterocycles. The van der Waals surface area contributed by atoms with Crippen LogP contribution in [0, 0.1) is 11.7 Å². The third kappa shape index (κ3) is 5.47. The summed E-state index contributed by atoms with van der Waals surface area (Å²) >= 11 is 0. The molecule has 0 spiro atoms. The van der Waals surface area contributed by atoms with Gasteiger partial charge in [-0.25, -0.2) is 9.37 Å². The van der Waals surface area contributed by atoms with E-state index in [1.807, 2.05) is 36.4 Å². The van der Waals surface area contributed by atoms with E-state index in [4.69, 9.17) is 4.74 Å². The van der Waals surface area contributed by atoms with Crippen molar-refractivity contribution in [3.05, 3.63) is 77.9 Å². The highest BCUT2D eigenvalue weighted by atomic mass is 19.1. The van der Waals surface area contributed by atoms with Gasteiger partial charge in [0.25, 0.3) is 0 Å². The second-order valence-electron chi connectivity index (χ2n) is 8.31. The molecule has 7 nitrogen and oxygen atoms in total. The summed E-state index contributed by atoms with van der Waals surface area (Å²) in [6.07, 6.45) is 1.26. The molecule has 4 N–H and O–H groups in total. The maximum atomic E-state index is 13.6. The van der Waals surface area contributed by atoms with E-state index < -0.39 is 12.0 Å². The molecule has 2 aromatic carbocycles. The molecule has 1 amide bonds. The van der Waals surface area contributed by atoms with Gasteiger partial charge in [-0.3, -0.25) is 4.79 Å². The fraction of sp³-hybridized carbons (Fsp3) is 0.360. The highest BCUT2D eigenvalue weighted by Gasteiger charge is 2.47. The maximum absolute atomic E-state index is 13.6. The molecule has 1 aromatic heterocycles. The zero-order valence-corrected chi connectivity index (χ0v) is 18.5. The molecule has 0 unspecified atom stereocenters. The number of carbonyl (C=O) groups is 1. The van der Waals surface area contributed by atoms with E-state index in [1.165, 1.54) is 12.1 Å². The fourth-order valence-corrected chi connectivity index (χ4v) is 4.47. The molecule has 33 heavy (non-hydrogen) atoms. The molecule has 4 rings (SSSR count). The summed E-state index contributed by atoms with van der Waals surface area (Å²) in [7, 11) is 1.57. The van der Waals surface area contributed by atoms with Crippen molar-refractivity contribution in [2.75, 3.05) is 20.3 Å². The Balaban J connectivity index is 1.55. The van der Waals surface area contributed by atoms with Crippen LogP contribution in [0.2, 0.25) is 0 Å². The van der Waals surface area contributed by atoms with Crippen LogP contribution in [0.1, 0.15) is 23.6 Å². The number of aliphatic hydroxyl groups is 1. The first-order valence-corrected chi connectivity index (χ1v) is 11.1. The molecule has 1 fully saturated rings. The molecule has 1 aliphatic carbocycles. The molecule has 0 radical (unpaired) electrons. The zero-order valence-electron chi connectivity index (χ0n) is 18.5. The summed E-state index contributed by atoms with van der Waals surface area (Å²) in [5.74, 6) is -0.757. The third-order valence-corrected chi connectivity index (χ3v) is 6.12. The first-order chi connectivity index (χ1) is 16.1. The van der Waals surface area contributed by atoms with Gasteiger partial charge in [0.05, 0.1) is 18.6 Å². The van der Waals surface area contributed by atoms with Gasteiger partial charge in [-0.05, 0) is 24.1 Å². The summed E-state index contributed by atoms with van der Waals surface area (Å²) in [4.78, 5) is 20.6. The predicted molar refractivity (Wildman–Crippen MR) is 123 cm³/mol. The van der Waals surface area contributed by atoms with Crippen LogP contribution < -0.4 is 10.6 Å². The Bertz CT molecular complexity index is 1060.